The highest BCUT2D eigenvalue weighted by Crippen LogP contribution is 2.19. The molecular weight excluding hydrogens is 452 g/mol. The molecule has 1 heterocycles. The van der Waals surface area contributed by atoms with E-state index in [9.17, 15) is 14.0 Å². The molecule has 0 bridgehead atoms. The number of nitrogens with zero attached hydrogens (tertiary/aromatic N) is 2. The number of hydrogen-bond donors (Lipinski definition) is 1. The Morgan fingerprint density at radius 2 is 1.75 bits per heavy atom. The molecule has 2 amide bonds. The summed E-state index contributed by atoms with van der Waals surface area (Å²) >= 11 is 11.5. The molecular formula is C24H26Cl2FN3O2. The number of nitrogens with one attached hydrogen (secondary N) is 1. The Morgan fingerprint density at radius 3 is 2.44 bits per heavy atom. The van der Waals surface area contributed by atoms with E-state index in [-0.39, 0.29) is 18.3 Å². The fourth-order valence-corrected chi connectivity index (χ4v) is 3.91. The average molecular weight is 478 g/mol. The summed E-state index contributed by atoms with van der Waals surface area (Å²) < 4.78 is 13.3. The number of H-pyrrole nitrogens is 1. The summed E-state index contributed by atoms with van der Waals surface area (Å²) in [5.41, 5.74) is 2.94. The van der Waals surface area contributed by atoms with Gasteiger partial charge in [-0.25, -0.2) is 4.39 Å². The van der Waals surface area contributed by atoms with Crippen molar-refractivity contribution in [1.29, 1.82) is 0 Å². The van der Waals surface area contributed by atoms with E-state index in [1.807, 2.05) is 37.4 Å². The molecule has 8 heteroatoms. The molecule has 3 aromatic rings. The van der Waals surface area contributed by atoms with Crippen molar-refractivity contribution in [1.82, 2.24) is 14.8 Å². The molecule has 3 rings (SSSR count). The van der Waals surface area contributed by atoms with Gasteiger partial charge in [0.1, 0.15) is 5.82 Å². The van der Waals surface area contributed by atoms with E-state index >= 15 is 0 Å². The first-order valence-corrected chi connectivity index (χ1v) is 11.4. The SMILES string of the molecule is CCCN(CC(=O)N(CCc1c[nH]c2ccccc12)Cc1ccc(F)cc1)C(=O)C(Cl)Cl. The van der Waals surface area contributed by atoms with Crippen LogP contribution in [0.15, 0.2) is 54.7 Å². The molecule has 0 radical (unpaired) electrons. The minimum atomic E-state index is -1.22. The van der Waals surface area contributed by atoms with Gasteiger partial charge in [0.15, 0.2) is 4.84 Å². The lowest BCUT2D eigenvalue weighted by Gasteiger charge is -2.28. The van der Waals surface area contributed by atoms with Gasteiger partial charge in [-0.2, -0.15) is 0 Å². The van der Waals surface area contributed by atoms with E-state index in [0.29, 0.717) is 32.5 Å². The van der Waals surface area contributed by atoms with Crippen molar-refractivity contribution >= 4 is 45.9 Å². The van der Waals surface area contributed by atoms with Gasteiger partial charge in [-0.3, -0.25) is 9.59 Å². The summed E-state index contributed by atoms with van der Waals surface area (Å²) in [6.07, 6.45) is 3.25. The van der Waals surface area contributed by atoms with Crippen LogP contribution in [0.5, 0.6) is 0 Å². The molecule has 0 unspecified atom stereocenters. The number of amides is 2. The average Bonchev–Trinajstić information content (AvgIpc) is 3.20. The van der Waals surface area contributed by atoms with Gasteiger partial charge in [0.2, 0.25) is 5.91 Å². The molecule has 2 aromatic carbocycles. The predicted octanol–water partition coefficient (Wildman–Crippen LogP) is 4.92. The zero-order chi connectivity index (χ0) is 23.1. The number of aromatic nitrogens is 1. The van der Waals surface area contributed by atoms with E-state index in [4.69, 9.17) is 23.2 Å². The largest absolute Gasteiger partial charge is 0.361 e. The number of hydrogen-bond acceptors (Lipinski definition) is 2. The van der Waals surface area contributed by atoms with Crippen LogP contribution in [0.25, 0.3) is 10.9 Å². The van der Waals surface area contributed by atoms with Crippen molar-refractivity contribution in [2.45, 2.75) is 31.1 Å². The minimum Gasteiger partial charge on any atom is -0.361 e. The number of carbonyl (C=O) groups excluding carboxylic acids is 2. The van der Waals surface area contributed by atoms with E-state index in [2.05, 4.69) is 4.98 Å². The van der Waals surface area contributed by atoms with Crippen LogP contribution in [0.3, 0.4) is 0 Å². The molecule has 0 aliphatic carbocycles. The zero-order valence-corrected chi connectivity index (χ0v) is 19.4. The molecule has 1 aromatic heterocycles. The molecule has 170 valence electrons. The summed E-state index contributed by atoms with van der Waals surface area (Å²) in [5.74, 6) is -1.03. The second-order valence-corrected chi connectivity index (χ2v) is 8.71. The predicted molar refractivity (Wildman–Crippen MR) is 126 cm³/mol. The zero-order valence-electron chi connectivity index (χ0n) is 17.9. The number of alkyl halides is 2. The van der Waals surface area contributed by atoms with Crippen molar-refractivity contribution in [2.24, 2.45) is 0 Å². The Bertz CT molecular complexity index is 1050. The minimum absolute atomic E-state index is 0.113. The van der Waals surface area contributed by atoms with Crippen LogP contribution >= 0.6 is 23.2 Å². The van der Waals surface area contributed by atoms with E-state index in [0.717, 1.165) is 22.0 Å². The van der Waals surface area contributed by atoms with Crippen LogP contribution in [0, 0.1) is 5.82 Å². The molecule has 0 aliphatic heterocycles. The fraction of sp³-hybridized carbons (Fsp3) is 0.333. The maximum Gasteiger partial charge on any atom is 0.256 e. The van der Waals surface area contributed by atoms with Crippen LogP contribution < -0.4 is 0 Å². The Hall–Kier alpha value is -2.57. The summed E-state index contributed by atoms with van der Waals surface area (Å²) in [4.78, 5) is 30.6. The number of benzene rings is 2. The highest BCUT2D eigenvalue weighted by Gasteiger charge is 2.24. The number of halogens is 3. The second kappa shape index (κ2) is 11.3. The standard InChI is InChI=1S/C24H26Cl2FN3O2/c1-2-12-30(24(32)23(25)26)16-22(31)29(15-17-7-9-19(27)10-8-17)13-11-18-14-28-21-6-4-3-5-20(18)21/h3-10,14,23,28H,2,11-13,15-16H2,1H3. The molecule has 1 N–H and O–H groups in total. The summed E-state index contributed by atoms with van der Waals surface area (Å²) in [6.45, 7) is 2.93. The van der Waals surface area contributed by atoms with Crippen molar-refractivity contribution < 1.29 is 14.0 Å². The summed E-state index contributed by atoms with van der Waals surface area (Å²) in [6, 6.07) is 14.0. The fourth-order valence-electron chi connectivity index (χ4n) is 3.63. The van der Waals surface area contributed by atoms with Gasteiger partial charge in [-0.1, -0.05) is 60.5 Å². The van der Waals surface area contributed by atoms with Crippen molar-refractivity contribution in [3.8, 4) is 0 Å². The van der Waals surface area contributed by atoms with Crippen molar-refractivity contribution in [2.75, 3.05) is 19.6 Å². The Balaban J connectivity index is 1.78. The third kappa shape index (κ3) is 6.24. The van der Waals surface area contributed by atoms with Gasteiger partial charge in [-0.05, 0) is 42.2 Å². The molecule has 0 aliphatic rings. The Morgan fingerprint density at radius 1 is 1.03 bits per heavy atom. The number of aromatic amines is 1. The topological polar surface area (TPSA) is 56.4 Å². The van der Waals surface area contributed by atoms with Gasteiger partial charge >= 0.3 is 0 Å². The van der Waals surface area contributed by atoms with Gasteiger partial charge in [0.25, 0.3) is 5.91 Å². The first-order chi connectivity index (χ1) is 15.4. The molecule has 0 fully saturated rings. The van der Waals surface area contributed by atoms with Gasteiger partial charge in [0.05, 0.1) is 6.54 Å². The van der Waals surface area contributed by atoms with Crippen LogP contribution in [-0.4, -0.2) is 51.1 Å². The maximum absolute atomic E-state index is 13.3. The lowest BCUT2D eigenvalue weighted by atomic mass is 10.1. The van der Waals surface area contributed by atoms with E-state index in [1.54, 1.807) is 17.0 Å². The van der Waals surface area contributed by atoms with Crippen LogP contribution in [-0.2, 0) is 22.6 Å². The smallest absolute Gasteiger partial charge is 0.256 e. The van der Waals surface area contributed by atoms with Crippen molar-refractivity contribution in [3.05, 3.63) is 71.7 Å². The monoisotopic (exact) mass is 477 g/mol. The molecule has 0 spiro atoms. The second-order valence-electron chi connectivity index (χ2n) is 7.61. The van der Waals surface area contributed by atoms with Crippen LogP contribution in [0.4, 0.5) is 4.39 Å². The normalized spacial score (nSPS) is 11.2. The molecule has 0 atom stereocenters. The summed E-state index contributed by atoms with van der Waals surface area (Å²) in [5, 5.41) is 1.11. The number of carbonyl (C=O) groups is 2. The lowest BCUT2D eigenvalue weighted by Crippen LogP contribution is -2.45. The quantitative estimate of drug-likeness (QED) is 0.421. The highest BCUT2D eigenvalue weighted by molar-refractivity contribution is 6.53. The van der Waals surface area contributed by atoms with Crippen LogP contribution in [0.2, 0.25) is 0 Å². The summed E-state index contributed by atoms with van der Waals surface area (Å²) in [7, 11) is 0. The van der Waals surface area contributed by atoms with Gasteiger partial charge in [0, 0.05) is 36.7 Å². The van der Waals surface area contributed by atoms with E-state index in [1.165, 1.54) is 17.0 Å². The molecule has 32 heavy (non-hydrogen) atoms. The van der Waals surface area contributed by atoms with Crippen molar-refractivity contribution in [3.63, 3.8) is 0 Å². The molecule has 0 saturated carbocycles. The molecule has 0 saturated heterocycles. The third-order valence-corrected chi connectivity index (χ3v) is 5.66. The number of rotatable bonds is 10. The first kappa shape index (κ1) is 24.1. The first-order valence-electron chi connectivity index (χ1n) is 10.5. The van der Waals surface area contributed by atoms with Gasteiger partial charge < -0.3 is 14.8 Å². The molecule has 5 nitrogen and oxygen atoms in total. The van der Waals surface area contributed by atoms with E-state index < -0.39 is 10.7 Å². The third-order valence-electron chi connectivity index (χ3n) is 5.28. The highest BCUT2D eigenvalue weighted by atomic mass is 35.5. The Labute approximate surface area is 197 Å². The lowest BCUT2D eigenvalue weighted by molar-refractivity contribution is -0.140. The van der Waals surface area contributed by atoms with Gasteiger partial charge in [-0.15, -0.1) is 0 Å². The van der Waals surface area contributed by atoms with Crippen LogP contribution in [0.1, 0.15) is 24.5 Å². The number of fused-ring (bicyclic) bond motifs is 1. The number of para-hydroxylation sites is 1. The Kier molecular flexibility index (Phi) is 8.53. The maximum atomic E-state index is 13.3.